The fourth-order valence-corrected chi connectivity index (χ4v) is 4.71. The molecule has 1 aromatic carbocycles. The maximum atomic E-state index is 11.6. The van der Waals surface area contributed by atoms with Crippen LogP contribution in [0.5, 0.6) is 5.75 Å². The number of rotatable bonds is 9. The summed E-state index contributed by atoms with van der Waals surface area (Å²) in [6.45, 7) is 4.46. The second-order valence-corrected chi connectivity index (χ2v) is 9.12. The maximum absolute atomic E-state index is 11.6. The summed E-state index contributed by atoms with van der Waals surface area (Å²) in [4.78, 5) is 0. The smallest absolute Gasteiger partial charge is 0.233 e. The second kappa shape index (κ2) is 8.39. The zero-order valence-electron chi connectivity index (χ0n) is 12.4. The van der Waals surface area contributed by atoms with E-state index >= 15 is 0 Å². The number of ether oxygens (including phenoxy) is 1. The Kier molecular flexibility index (Phi) is 7.51. The molecule has 3 nitrogen and oxygen atoms in total. The Balaban J connectivity index is 2.86. The summed E-state index contributed by atoms with van der Waals surface area (Å²) in [7, 11) is 1.95. The molecule has 1 rings (SSSR count). The van der Waals surface area contributed by atoms with Crippen LogP contribution in [-0.2, 0) is 9.05 Å². The van der Waals surface area contributed by atoms with Gasteiger partial charge in [0.15, 0.2) is 0 Å². The molecular formula is C15H22BrClO3S. The molecular weight excluding hydrogens is 376 g/mol. The summed E-state index contributed by atoms with van der Waals surface area (Å²) in [5.41, 5.74) is -0.419. The van der Waals surface area contributed by atoms with Gasteiger partial charge in [-0.1, -0.05) is 42.6 Å². The van der Waals surface area contributed by atoms with Crippen molar-refractivity contribution < 1.29 is 13.2 Å². The van der Waals surface area contributed by atoms with Crippen molar-refractivity contribution in [1.29, 1.82) is 0 Å². The van der Waals surface area contributed by atoms with Gasteiger partial charge in [-0.2, -0.15) is 0 Å². The van der Waals surface area contributed by atoms with E-state index in [1.54, 1.807) is 0 Å². The van der Waals surface area contributed by atoms with Crippen LogP contribution in [0, 0.1) is 5.41 Å². The van der Waals surface area contributed by atoms with Crippen molar-refractivity contribution in [3.05, 3.63) is 28.7 Å². The van der Waals surface area contributed by atoms with Crippen molar-refractivity contribution in [2.45, 2.75) is 39.5 Å². The number of benzene rings is 1. The van der Waals surface area contributed by atoms with E-state index in [-0.39, 0.29) is 5.75 Å². The van der Waals surface area contributed by atoms with Crippen molar-refractivity contribution in [2.75, 3.05) is 12.4 Å². The van der Waals surface area contributed by atoms with Crippen molar-refractivity contribution >= 4 is 35.7 Å². The van der Waals surface area contributed by atoms with Crippen LogP contribution >= 0.6 is 26.6 Å². The van der Waals surface area contributed by atoms with Crippen LogP contribution in [0.1, 0.15) is 39.5 Å². The topological polar surface area (TPSA) is 43.4 Å². The standard InChI is InChI=1S/C15H22BrClO3S/c1-3-9-15(10-4-2,12-21(17,18)19)11-20-14-7-5-13(16)6-8-14/h5-8H,3-4,9-12H2,1-2H3. The fourth-order valence-electron chi connectivity index (χ4n) is 2.65. The van der Waals surface area contributed by atoms with E-state index in [2.05, 4.69) is 15.9 Å². The van der Waals surface area contributed by atoms with Crippen molar-refractivity contribution in [2.24, 2.45) is 5.41 Å². The molecule has 21 heavy (non-hydrogen) atoms. The van der Waals surface area contributed by atoms with Gasteiger partial charge in [-0.3, -0.25) is 0 Å². The zero-order valence-corrected chi connectivity index (χ0v) is 15.6. The van der Waals surface area contributed by atoms with Gasteiger partial charge < -0.3 is 4.74 Å². The van der Waals surface area contributed by atoms with Crippen molar-refractivity contribution in [3.8, 4) is 5.75 Å². The number of hydrogen-bond donors (Lipinski definition) is 0. The van der Waals surface area contributed by atoms with E-state index in [1.807, 2.05) is 38.1 Å². The maximum Gasteiger partial charge on any atom is 0.233 e. The summed E-state index contributed by atoms with van der Waals surface area (Å²) >= 11 is 3.37. The quantitative estimate of drug-likeness (QED) is 0.552. The summed E-state index contributed by atoms with van der Waals surface area (Å²) in [6, 6.07) is 7.52. The Morgan fingerprint density at radius 1 is 1.14 bits per heavy atom. The normalized spacial score (nSPS) is 12.4. The third kappa shape index (κ3) is 7.02. The zero-order chi connectivity index (χ0) is 15.9. The minimum atomic E-state index is -3.55. The molecule has 0 spiro atoms. The first-order valence-electron chi connectivity index (χ1n) is 7.11. The molecule has 6 heteroatoms. The van der Waals surface area contributed by atoms with Crippen LogP contribution < -0.4 is 4.74 Å². The minimum absolute atomic E-state index is 0.0419. The van der Waals surface area contributed by atoms with E-state index < -0.39 is 14.5 Å². The van der Waals surface area contributed by atoms with E-state index in [4.69, 9.17) is 15.4 Å². The molecule has 0 aliphatic rings. The van der Waals surface area contributed by atoms with Crippen LogP contribution in [0.2, 0.25) is 0 Å². The monoisotopic (exact) mass is 396 g/mol. The third-order valence-corrected chi connectivity index (χ3v) is 5.21. The largest absolute Gasteiger partial charge is 0.493 e. The molecule has 0 amide bonds. The molecule has 0 aromatic heterocycles. The predicted octanol–water partition coefficient (Wildman–Crippen LogP) is 4.98. The molecule has 0 saturated carbocycles. The van der Waals surface area contributed by atoms with Crippen LogP contribution in [0.25, 0.3) is 0 Å². The lowest BCUT2D eigenvalue weighted by atomic mass is 9.82. The van der Waals surface area contributed by atoms with Gasteiger partial charge in [-0.05, 0) is 37.1 Å². The van der Waals surface area contributed by atoms with Gasteiger partial charge in [0, 0.05) is 20.6 Å². The first-order valence-corrected chi connectivity index (χ1v) is 10.4. The molecule has 0 saturated heterocycles. The van der Waals surface area contributed by atoms with Gasteiger partial charge in [0.05, 0.1) is 12.4 Å². The minimum Gasteiger partial charge on any atom is -0.493 e. The predicted molar refractivity (Wildman–Crippen MR) is 91.5 cm³/mol. The first-order chi connectivity index (χ1) is 9.80. The first kappa shape index (κ1) is 18.8. The van der Waals surface area contributed by atoms with Gasteiger partial charge >= 0.3 is 0 Å². The van der Waals surface area contributed by atoms with Crippen LogP contribution in [0.3, 0.4) is 0 Å². The Morgan fingerprint density at radius 2 is 1.67 bits per heavy atom. The lowest BCUT2D eigenvalue weighted by Gasteiger charge is -2.32. The van der Waals surface area contributed by atoms with Crippen LogP contribution in [0.15, 0.2) is 28.7 Å². The van der Waals surface area contributed by atoms with Crippen LogP contribution in [-0.4, -0.2) is 20.8 Å². The average Bonchev–Trinajstić information content (AvgIpc) is 2.37. The van der Waals surface area contributed by atoms with E-state index in [9.17, 15) is 8.42 Å². The van der Waals surface area contributed by atoms with Crippen molar-refractivity contribution in [3.63, 3.8) is 0 Å². The Labute approximate surface area is 140 Å². The van der Waals surface area contributed by atoms with Gasteiger partial charge in [0.1, 0.15) is 5.75 Å². The van der Waals surface area contributed by atoms with Gasteiger partial charge in [-0.15, -0.1) is 0 Å². The molecule has 1 aromatic rings. The van der Waals surface area contributed by atoms with Crippen LogP contribution in [0.4, 0.5) is 0 Å². The molecule has 0 heterocycles. The third-order valence-electron chi connectivity index (χ3n) is 3.40. The molecule has 0 N–H and O–H groups in total. The van der Waals surface area contributed by atoms with E-state index in [0.717, 1.165) is 35.9 Å². The highest BCUT2D eigenvalue weighted by Crippen LogP contribution is 2.34. The molecule has 0 bridgehead atoms. The van der Waals surface area contributed by atoms with Gasteiger partial charge in [-0.25, -0.2) is 8.42 Å². The second-order valence-electron chi connectivity index (χ2n) is 5.43. The SMILES string of the molecule is CCCC(CCC)(COc1ccc(Br)cc1)CS(=O)(=O)Cl. The van der Waals surface area contributed by atoms with E-state index in [0.29, 0.717) is 6.61 Å². The number of halogens is 2. The summed E-state index contributed by atoms with van der Waals surface area (Å²) in [6.07, 6.45) is 3.36. The Morgan fingerprint density at radius 3 is 2.10 bits per heavy atom. The van der Waals surface area contributed by atoms with Gasteiger partial charge in [0.2, 0.25) is 9.05 Å². The summed E-state index contributed by atoms with van der Waals surface area (Å²) in [5, 5.41) is 0. The molecule has 0 fully saturated rings. The Bertz CT molecular complexity index is 522. The molecule has 0 radical (unpaired) electrons. The lowest BCUT2D eigenvalue weighted by molar-refractivity contribution is 0.141. The molecule has 120 valence electrons. The molecule has 0 aliphatic carbocycles. The highest BCUT2D eigenvalue weighted by Gasteiger charge is 2.34. The van der Waals surface area contributed by atoms with E-state index in [1.165, 1.54) is 0 Å². The molecule has 0 aliphatic heterocycles. The molecule has 0 atom stereocenters. The fraction of sp³-hybridized carbons (Fsp3) is 0.600. The lowest BCUT2D eigenvalue weighted by Crippen LogP contribution is -2.35. The summed E-state index contributed by atoms with van der Waals surface area (Å²) in [5.74, 6) is 0.696. The summed E-state index contributed by atoms with van der Waals surface area (Å²) < 4.78 is 29.9. The highest BCUT2D eigenvalue weighted by molar-refractivity contribution is 9.10. The highest BCUT2D eigenvalue weighted by atomic mass is 79.9. The number of hydrogen-bond acceptors (Lipinski definition) is 3. The Hall–Kier alpha value is -0.260. The van der Waals surface area contributed by atoms with Gasteiger partial charge in [0.25, 0.3) is 0 Å². The van der Waals surface area contributed by atoms with Crippen molar-refractivity contribution in [1.82, 2.24) is 0 Å². The molecule has 0 unspecified atom stereocenters. The average molecular weight is 398 g/mol.